The number of carbonyl (C=O) groups is 1. The summed E-state index contributed by atoms with van der Waals surface area (Å²) in [6.07, 6.45) is 4.53. The Morgan fingerprint density at radius 2 is 1.74 bits per heavy atom. The quantitative estimate of drug-likeness (QED) is 0.641. The van der Waals surface area contributed by atoms with Gasteiger partial charge in [0.05, 0.1) is 6.10 Å². The second-order valence-electron chi connectivity index (χ2n) is 8.87. The highest BCUT2D eigenvalue weighted by atomic mass is 16.3. The van der Waals surface area contributed by atoms with Crippen LogP contribution in [-0.4, -0.2) is 33.3 Å². The Morgan fingerprint density at radius 1 is 1.00 bits per heavy atom. The molecule has 0 saturated heterocycles. The van der Waals surface area contributed by atoms with Crippen LogP contribution in [0, 0.1) is 28.6 Å². The highest BCUT2D eigenvalue weighted by Gasteiger charge is 2.61. The zero-order valence-electron chi connectivity index (χ0n) is 14.1. The van der Waals surface area contributed by atoms with Gasteiger partial charge in [0.15, 0.2) is 5.78 Å². The summed E-state index contributed by atoms with van der Waals surface area (Å²) in [6.45, 7) is 4.32. The van der Waals surface area contributed by atoms with Crippen LogP contribution in [0.3, 0.4) is 0 Å². The first-order valence-electron chi connectivity index (χ1n) is 9.12. The molecule has 128 valence electrons. The third-order valence-electron chi connectivity index (χ3n) is 7.99. The van der Waals surface area contributed by atoms with Crippen molar-refractivity contribution in [2.45, 2.75) is 71.0 Å². The molecule has 4 rings (SSSR count). The van der Waals surface area contributed by atoms with Crippen LogP contribution in [0.2, 0.25) is 0 Å². The molecule has 4 heteroatoms. The van der Waals surface area contributed by atoms with E-state index in [4.69, 9.17) is 0 Å². The summed E-state index contributed by atoms with van der Waals surface area (Å²) < 4.78 is 0. The standard InChI is InChI=1S/C19H28O4/c1-18-7-5-12-10(11(18)3-4-15(18)22)9-14(21)16-17(23)13(20)6-8-19(12,16)2/h10-13,15,20,22-23H,3-9H2,1-2H3/t10-,11-,12-,13-,15-,18-,19+/m0/s1. The zero-order valence-corrected chi connectivity index (χ0v) is 14.1. The van der Waals surface area contributed by atoms with E-state index in [9.17, 15) is 20.1 Å². The van der Waals surface area contributed by atoms with Gasteiger partial charge in [-0.05, 0) is 61.7 Å². The predicted molar refractivity (Wildman–Crippen MR) is 85.7 cm³/mol. The van der Waals surface area contributed by atoms with Gasteiger partial charge in [0.1, 0.15) is 11.9 Å². The van der Waals surface area contributed by atoms with Crippen LogP contribution in [0.1, 0.15) is 58.8 Å². The number of hydrogen-bond acceptors (Lipinski definition) is 4. The van der Waals surface area contributed by atoms with Crippen molar-refractivity contribution in [1.29, 1.82) is 0 Å². The van der Waals surface area contributed by atoms with E-state index >= 15 is 0 Å². The van der Waals surface area contributed by atoms with Gasteiger partial charge in [-0.25, -0.2) is 0 Å². The van der Waals surface area contributed by atoms with Crippen LogP contribution in [0.5, 0.6) is 0 Å². The van der Waals surface area contributed by atoms with Gasteiger partial charge < -0.3 is 15.3 Å². The molecule has 0 unspecified atom stereocenters. The molecule has 0 bridgehead atoms. The molecular formula is C19H28O4. The van der Waals surface area contributed by atoms with Gasteiger partial charge in [0.25, 0.3) is 0 Å². The minimum absolute atomic E-state index is 0.0237. The van der Waals surface area contributed by atoms with E-state index in [1.165, 1.54) is 0 Å². The lowest BCUT2D eigenvalue weighted by molar-refractivity contribution is -0.132. The molecule has 4 aliphatic carbocycles. The summed E-state index contributed by atoms with van der Waals surface area (Å²) >= 11 is 0. The number of aliphatic hydroxyl groups is 3. The van der Waals surface area contributed by atoms with E-state index < -0.39 is 6.10 Å². The fourth-order valence-corrected chi connectivity index (χ4v) is 6.64. The van der Waals surface area contributed by atoms with E-state index in [0.717, 1.165) is 32.1 Å². The first-order valence-corrected chi connectivity index (χ1v) is 9.12. The fraction of sp³-hybridized carbons (Fsp3) is 0.842. The van der Waals surface area contributed by atoms with Crippen molar-refractivity contribution in [3.63, 3.8) is 0 Å². The van der Waals surface area contributed by atoms with Gasteiger partial charge in [-0.2, -0.15) is 0 Å². The topological polar surface area (TPSA) is 77.8 Å². The number of allylic oxidation sites excluding steroid dienone is 1. The Balaban J connectivity index is 1.76. The molecule has 3 saturated carbocycles. The third kappa shape index (κ3) is 1.88. The molecule has 3 N–H and O–H groups in total. The lowest BCUT2D eigenvalue weighted by Gasteiger charge is -2.57. The summed E-state index contributed by atoms with van der Waals surface area (Å²) in [4.78, 5) is 12.8. The number of fused-ring (bicyclic) bond motifs is 5. The smallest absolute Gasteiger partial charge is 0.163 e. The Labute approximate surface area is 137 Å². The normalized spacial score (nSPS) is 52.9. The monoisotopic (exact) mass is 320 g/mol. The molecule has 3 fully saturated rings. The summed E-state index contributed by atoms with van der Waals surface area (Å²) in [7, 11) is 0. The van der Waals surface area contributed by atoms with E-state index in [2.05, 4.69) is 13.8 Å². The van der Waals surface area contributed by atoms with Crippen LogP contribution >= 0.6 is 0 Å². The molecule has 0 aliphatic heterocycles. The molecule has 4 nitrogen and oxygen atoms in total. The minimum atomic E-state index is -0.874. The predicted octanol–water partition coefficient (Wildman–Crippen LogP) is 2.74. The summed E-state index contributed by atoms with van der Waals surface area (Å²) in [5.41, 5.74) is 0.160. The first kappa shape index (κ1) is 15.6. The zero-order chi connectivity index (χ0) is 16.6. The molecule has 7 atom stereocenters. The summed E-state index contributed by atoms with van der Waals surface area (Å²) in [5, 5.41) is 30.8. The van der Waals surface area contributed by atoms with Crippen molar-refractivity contribution in [1.82, 2.24) is 0 Å². The number of ketones is 1. The number of Topliss-reactive ketones (excluding diaryl/α,β-unsaturated/α-hetero) is 1. The maximum absolute atomic E-state index is 12.8. The van der Waals surface area contributed by atoms with Crippen molar-refractivity contribution in [3.8, 4) is 0 Å². The molecular weight excluding hydrogens is 292 g/mol. The summed E-state index contributed by atoms with van der Waals surface area (Å²) in [5.74, 6) is 1.06. The maximum Gasteiger partial charge on any atom is 0.163 e. The SMILES string of the molecule is C[C@]12CC[C@H]3[C@@H](CC(=O)C4=C(O)[C@@H](O)CC[C@@]43C)[C@@H]1CC[C@@H]2O. The molecule has 0 radical (unpaired) electrons. The lowest BCUT2D eigenvalue weighted by atomic mass is 9.47. The number of rotatable bonds is 0. The Kier molecular flexibility index (Phi) is 3.28. The number of hydrogen-bond donors (Lipinski definition) is 3. The lowest BCUT2D eigenvalue weighted by Crippen LogP contribution is -2.54. The minimum Gasteiger partial charge on any atom is -0.509 e. The van der Waals surface area contributed by atoms with E-state index in [1.807, 2.05) is 0 Å². The summed E-state index contributed by atoms with van der Waals surface area (Å²) in [6, 6.07) is 0. The Morgan fingerprint density at radius 3 is 2.48 bits per heavy atom. The average molecular weight is 320 g/mol. The van der Waals surface area contributed by atoms with Crippen LogP contribution in [-0.2, 0) is 4.79 Å². The second kappa shape index (κ2) is 4.82. The number of aliphatic hydroxyl groups excluding tert-OH is 3. The third-order valence-corrected chi connectivity index (χ3v) is 7.99. The highest BCUT2D eigenvalue weighted by molar-refractivity contribution is 5.98. The second-order valence-corrected chi connectivity index (χ2v) is 8.87. The molecule has 0 aromatic heterocycles. The Bertz CT molecular complexity index is 582. The molecule has 23 heavy (non-hydrogen) atoms. The largest absolute Gasteiger partial charge is 0.509 e. The molecule has 0 aromatic carbocycles. The molecule has 4 aliphatic rings. The first-order chi connectivity index (χ1) is 10.8. The average Bonchev–Trinajstić information content (AvgIpc) is 2.79. The molecule has 0 spiro atoms. The van der Waals surface area contributed by atoms with Crippen molar-refractivity contribution in [3.05, 3.63) is 11.3 Å². The van der Waals surface area contributed by atoms with Gasteiger partial charge in [-0.15, -0.1) is 0 Å². The van der Waals surface area contributed by atoms with Crippen LogP contribution in [0.4, 0.5) is 0 Å². The van der Waals surface area contributed by atoms with E-state index in [-0.39, 0.29) is 28.5 Å². The van der Waals surface area contributed by atoms with Crippen LogP contribution < -0.4 is 0 Å². The number of carbonyl (C=O) groups excluding carboxylic acids is 1. The maximum atomic E-state index is 12.8. The Hall–Kier alpha value is -0.870. The van der Waals surface area contributed by atoms with E-state index in [1.54, 1.807) is 0 Å². The van der Waals surface area contributed by atoms with Crippen LogP contribution in [0.25, 0.3) is 0 Å². The van der Waals surface area contributed by atoms with Crippen LogP contribution in [0.15, 0.2) is 11.3 Å². The van der Waals surface area contributed by atoms with Crippen molar-refractivity contribution in [2.24, 2.45) is 28.6 Å². The van der Waals surface area contributed by atoms with E-state index in [0.29, 0.717) is 36.2 Å². The highest BCUT2D eigenvalue weighted by Crippen LogP contribution is 2.65. The van der Waals surface area contributed by atoms with Crippen molar-refractivity contribution >= 4 is 5.78 Å². The molecule has 0 aromatic rings. The van der Waals surface area contributed by atoms with Gasteiger partial charge in [0.2, 0.25) is 0 Å². The van der Waals surface area contributed by atoms with Crippen molar-refractivity contribution in [2.75, 3.05) is 0 Å². The van der Waals surface area contributed by atoms with Gasteiger partial charge in [-0.3, -0.25) is 4.79 Å². The van der Waals surface area contributed by atoms with Crippen molar-refractivity contribution < 1.29 is 20.1 Å². The van der Waals surface area contributed by atoms with Gasteiger partial charge in [0, 0.05) is 17.4 Å². The molecule has 0 heterocycles. The molecule has 0 amide bonds. The van der Waals surface area contributed by atoms with Gasteiger partial charge >= 0.3 is 0 Å². The van der Waals surface area contributed by atoms with Gasteiger partial charge in [-0.1, -0.05) is 13.8 Å². The fourth-order valence-electron chi connectivity index (χ4n) is 6.64.